The number of carboxylic acid groups (broad SMARTS) is 1. The lowest BCUT2D eigenvalue weighted by molar-refractivity contribution is -0.150. The second-order valence-corrected chi connectivity index (χ2v) is 9.68. The molecule has 1 heterocycles. The third-order valence-corrected chi connectivity index (χ3v) is 6.15. The third-order valence-electron chi connectivity index (χ3n) is 6.15. The molecule has 0 aromatic heterocycles. The Hall–Kier alpha value is -2.32. The van der Waals surface area contributed by atoms with Crippen molar-refractivity contribution < 1.29 is 29.0 Å². The summed E-state index contributed by atoms with van der Waals surface area (Å²) >= 11 is 0. The quantitative estimate of drug-likeness (QED) is 0.656. The zero-order valence-electron chi connectivity index (χ0n) is 19.3. The van der Waals surface area contributed by atoms with Crippen molar-refractivity contribution >= 4 is 23.9 Å². The number of carbonyl (C=O) groups excluding carboxylic acids is 3. The van der Waals surface area contributed by atoms with Gasteiger partial charge in [0.15, 0.2) is 0 Å². The van der Waals surface area contributed by atoms with Crippen LogP contribution in [0.5, 0.6) is 0 Å². The number of aliphatic carboxylic acids is 1. The highest BCUT2D eigenvalue weighted by Crippen LogP contribution is 2.29. The first kappa shape index (κ1) is 24.9. The topological polar surface area (TPSA) is 116 Å². The Morgan fingerprint density at radius 1 is 1.06 bits per heavy atom. The Labute approximate surface area is 184 Å². The van der Waals surface area contributed by atoms with Crippen molar-refractivity contribution in [3.8, 4) is 0 Å². The highest BCUT2D eigenvalue weighted by Gasteiger charge is 2.41. The average molecular weight is 440 g/mol. The van der Waals surface area contributed by atoms with Gasteiger partial charge in [-0.25, -0.2) is 9.59 Å². The van der Waals surface area contributed by atoms with E-state index in [1.807, 2.05) is 0 Å². The van der Waals surface area contributed by atoms with Crippen molar-refractivity contribution in [3.05, 3.63) is 0 Å². The predicted octanol–water partition coefficient (Wildman–Crippen LogP) is 2.38. The highest BCUT2D eigenvalue weighted by molar-refractivity contribution is 5.93. The number of carbonyl (C=O) groups is 4. The van der Waals surface area contributed by atoms with Crippen LogP contribution >= 0.6 is 0 Å². The highest BCUT2D eigenvalue weighted by atomic mass is 16.6. The fraction of sp³-hybridized carbons (Fsp3) is 0.818. The van der Waals surface area contributed by atoms with Crippen molar-refractivity contribution in [2.24, 2.45) is 5.92 Å². The van der Waals surface area contributed by atoms with Crippen LogP contribution in [0.1, 0.15) is 72.6 Å². The van der Waals surface area contributed by atoms with E-state index in [1.54, 1.807) is 27.7 Å². The van der Waals surface area contributed by atoms with Gasteiger partial charge in [-0.05, 0) is 59.3 Å². The molecule has 3 atom stereocenters. The summed E-state index contributed by atoms with van der Waals surface area (Å²) in [4.78, 5) is 52.9. The summed E-state index contributed by atoms with van der Waals surface area (Å²) in [5.41, 5.74) is -0.691. The summed E-state index contributed by atoms with van der Waals surface area (Å²) in [7, 11) is 1.48. The minimum atomic E-state index is -1.02. The van der Waals surface area contributed by atoms with Crippen LogP contribution in [0, 0.1) is 5.92 Å². The second kappa shape index (κ2) is 10.3. The van der Waals surface area contributed by atoms with Crippen LogP contribution in [0.4, 0.5) is 4.79 Å². The molecule has 0 spiro atoms. The molecule has 2 rings (SSSR count). The number of nitrogens with one attached hydrogen (secondary N) is 1. The summed E-state index contributed by atoms with van der Waals surface area (Å²) in [5, 5.41) is 12.3. The maximum atomic E-state index is 13.4. The SMILES string of the molecule is C[C@@H](C(=O)N[C@H](C(=O)N1CCC[C@H]1C(=O)O)C1CCCCC1)N(C)C(=O)OC(C)(C)C. The summed E-state index contributed by atoms with van der Waals surface area (Å²) in [6.45, 7) is 7.20. The van der Waals surface area contributed by atoms with Crippen molar-refractivity contribution in [2.45, 2.75) is 96.4 Å². The standard InChI is InChI=1S/C22H37N3O6/c1-14(24(5)21(30)31-22(2,3)4)18(26)23-17(15-10-7-6-8-11-15)19(27)25-13-9-12-16(25)20(28)29/h14-17H,6-13H2,1-5H3,(H,23,26)(H,28,29)/t14-,16-,17-/m0/s1. The number of likely N-dealkylation sites (tertiary alicyclic amines) is 1. The Kier molecular flexibility index (Phi) is 8.31. The number of hydrogen-bond acceptors (Lipinski definition) is 5. The Morgan fingerprint density at radius 2 is 1.68 bits per heavy atom. The molecule has 0 unspecified atom stereocenters. The van der Waals surface area contributed by atoms with Gasteiger partial charge in [0, 0.05) is 13.6 Å². The molecule has 2 fully saturated rings. The van der Waals surface area contributed by atoms with E-state index in [9.17, 15) is 24.3 Å². The Bertz CT molecular complexity index is 683. The number of likely N-dealkylation sites (N-methyl/N-ethyl adjacent to an activating group) is 1. The first-order valence-corrected chi connectivity index (χ1v) is 11.2. The number of amides is 3. The molecule has 3 amide bonds. The van der Waals surface area contributed by atoms with Gasteiger partial charge in [0.1, 0.15) is 23.7 Å². The van der Waals surface area contributed by atoms with Crippen molar-refractivity contribution in [1.29, 1.82) is 0 Å². The van der Waals surface area contributed by atoms with Gasteiger partial charge < -0.3 is 20.1 Å². The number of nitrogens with zero attached hydrogens (tertiary/aromatic N) is 2. The van der Waals surface area contributed by atoms with Gasteiger partial charge in [0.05, 0.1) is 0 Å². The van der Waals surface area contributed by atoms with Crippen LogP contribution in [-0.4, -0.2) is 76.1 Å². The number of carboxylic acids is 1. The van der Waals surface area contributed by atoms with Gasteiger partial charge in [0.2, 0.25) is 11.8 Å². The molecule has 2 aliphatic rings. The molecule has 1 saturated carbocycles. The van der Waals surface area contributed by atoms with Gasteiger partial charge in [-0.15, -0.1) is 0 Å². The van der Waals surface area contributed by atoms with Crippen LogP contribution in [0.2, 0.25) is 0 Å². The van der Waals surface area contributed by atoms with Crippen LogP contribution in [-0.2, 0) is 19.1 Å². The lowest BCUT2D eigenvalue weighted by Crippen LogP contribution is -2.58. The summed E-state index contributed by atoms with van der Waals surface area (Å²) in [6, 6.07) is -2.48. The molecule has 2 N–H and O–H groups in total. The van der Waals surface area contributed by atoms with Gasteiger partial charge in [0.25, 0.3) is 0 Å². The minimum Gasteiger partial charge on any atom is -0.480 e. The second-order valence-electron chi connectivity index (χ2n) is 9.68. The van der Waals surface area contributed by atoms with Crippen LogP contribution < -0.4 is 5.32 Å². The summed E-state index contributed by atoms with van der Waals surface area (Å²) in [5.74, 6) is -1.85. The molecular formula is C22H37N3O6. The van der Waals surface area contributed by atoms with E-state index >= 15 is 0 Å². The van der Waals surface area contributed by atoms with Gasteiger partial charge >= 0.3 is 12.1 Å². The van der Waals surface area contributed by atoms with Gasteiger partial charge in [-0.2, -0.15) is 0 Å². The van der Waals surface area contributed by atoms with E-state index in [0.717, 1.165) is 32.1 Å². The number of rotatable bonds is 6. The monoisotopic (exact) mass is 439 g/mol. The Morgan fingerprint density at radius 3 is 2.23 bits per heavy atom. The van der Waals surface area contributed by atoms with E-state index in [-0.39, 0.29) is 11.8 Å². The maximum absolute atomic E-state index is 13.4. The van der Waals surface area contributed by atoms with Gasteiger partial charge in [-0.1, -0.05) is 19.3 Å². The van der Waals surface area contributed by atoms with E-state index in [2.05, 4.69) is 5.32 Å². The molecule has 0 aromatic rings. The number of ether oxygens (including phenoxy) is 1. The molecule has 0 aromatic carbocycles. The summed E-state index contributed by atoms with van der Waals surface area (Å²) in [6.07, 6.45) is 5.07. The average Bonchev–Trinajstić information content (AvgIpc) is 3.19. The molecule has 9 heteroatoms. The fourth-order valence-corrected chi connectivity index (χ4v) is 4.26. The van der Waals surface area contributed by atoms with Crippen molar-refractivity contribution in [1.82, 2.24) is 15.1 Å². The molecule has 1 saturated heterocycles. The molecule has 9 nitrogen and oxygen atoms in total. The van der Waals surface area contributed by atoms with E-state index < -0.39 is 41.7 Å². The molecule has 0 radical (unpaired) electrons. The minimum absolute atomic E-state index is 0.0423. The Balaban J connectivity index is 2.15. The number of hydrogen-bond donors (Lipinski definition) is 2. The molecule has 176 valence electrons. The lowest BCUT2D eigenvalue weighted by Gasteiger charge is -2.35. The van der Waals surface area contributed by atoms with Gasteiger partial charge in [-0.3, -0.25) is 14.5 Å². The van der Waals surface area contributed by atoms with Crippen molar-refractivity contribution in [2.75, 3.05) is 13.6 Å². The van der Waals surface area contributed by atoms with E-state index in [0.29, 0.717) is 19.4 Å². The van der Waals surface area contributed by atoms with E-state index in [4.69, 9.17) is 4.74 Å². The first-order valence-electron chi connectivity index (χ1n) is 11.2. The lowest BCUT2D eigenvalue weighted by atomic mass is 9.83. The fourth-order valence-electron chi connectivity index (χ4n) is 4.26. The third kappa shape index (κ3) is 6.58. The first-order chi connectivity index (χ1) is 14.4. The molecular weight excluding hydrogens is 402 g/mol. The normalized spacial score (nSPS) is 21.8. The van der Waals surface area contributed by atoms with Crippen LogP contribution in [0.3, 0.4) is 0 Å². The molecule has 1 aliphatic heterocycles. The van der Waals surface area contributed by atoms with Crippen molar-refractivity contribution in [3.63, 3.8) is 0 Å². The van der Waals surface area contributed by atoms with Crippen LogP contribution in [0.25, 0.3) is 0 Å². The maximum Gasteiger partial charge on any atom is 0.410 e. The molecule has 1 aliphatic carbocycles. The smallest absolute Gasteiger partial charge is 0.410 e. The zero-order chi connectivity index (χ0) is 23.3. The van der Waals surface area contributed by atoms with E-state index in [1.165, 1.54) is 16.8 Å². The zero-order valence-corrected chi connectivity index (χ0v) is 19.3. The predicted molar refractivity (Wildman–Crippen MR) is 114 cm³/mol. The molecule has 0 bridgehead atoms. The van der Waals surface area contributed by atoms with Crippen LogP contribution in [0.15, 0.2) is 0 Å². The molecule has 31 heavy (non-hydrogen) atoms. The largest absolute Gasteiger partial charge is 0.480 e. The summed E-state index contributed by atoms with van der Waals surface area (Å²) < 4.78 is 5.33.